The maximum Gasteiger partial charge on any atom is 0.339 e. The maximum atomic E-state index is 12.8. The molecule has 2 aromatic rings. The summed E-state index contributed by atoms with van der Waals surface area (Å²) < 4.78 is 37.3. The number of carbonyl (C=O) groups excluding carboxylic acids is 2. The molecule has 0 aliphatic heterocycles. The normalized spacial score (nSPS) is 11.0. The van der Waals surface area contributed by atoms with Crippen molar-refractivity contribution in [2.24, 2.45) is 0 Å². The summed E-state index contributed by atoms with van der Waals surface area (Å²) in [6.45, 7) is 0.594. The molecule has 150 valence electrons. The van der Waals surface area contributed by atoms with E-state index in [4.69, 9.17) is 16.3 Å². The summed E-state index contributed by atoms with van der Waals surface area (Å²) >= 11 is 5.93. The van der Waals surface area contributed by atoms with Gasteiger partial charge in [0.1, 0.15) is 0 Å². The summed E-state index contributed by atoms with van der Waals surface area (Å²) in [7, 11) is -1.43. The van der Waals surface area contributed by atoms with Crippen molar-refractivity contribution >= 4 is 39.2 Å². The van der Waals surface area contributed by atoms with Crippen LogP contribution in [0.25, 0.3) is 0 Å². The molecule has 0 aliphatic carbocycles. The van der Waals surface area contributed by atoms with Crippen LogP contribution in [0.1, 0.15) is 20.7 Å². The van der Waals surface area contributed by atoms with E-state index in [-0.39, 0.29) is 33.3 Å². The lowest BCUT2D eigenvalue weighted by atomic mass is 10.1. The highest BCUT2D eigenvalue weighted by atomic mass is 35.5. The van der Waals surface area contributed by atoms with E-state index in [1.54, 1.807) is 12.1 Å². The Balaban J connectivity index is 2.33. The number of nitrogens with one attached hydrogen (secondary N) is 2. The molecule has 8 nitrogen and oxygen atoms in total. The van der Waals surface area contributed by atoms with Crippen LogP contribution < -0.4 is 10.0 Å². The van der Waals surface area contributed by atoms with E-state index in [0.29, 0.717) is 6.61 Å². The number of halogens is 1. The van der Waals surface area contributed by atoms with Crippen molar-refractivity contribution in [3.63, 3.8) is 0 Å². The second-order valence-electron chi connectivity index (χ2n) is 5.53. The van der Waals surface area contributed by atoms with Gasteiger partial charge in [0.05, 0.1) is 40.4 Å². The molecule has 28 heavy (non-hydrogen) atoms. The van der Waals surface area contributed by atoms with Gasteiger partial charge < -0.3 is 14.8 Å². The molecule has 2 rings (SSSR count). The molecule has 2 aromatic carbocycles. The maximum absolute atomic E-state index is 12.8. The molecule has 2 N–H and O–H groups in total. The van der Waals surface area contributed by atoms with Crippen molar-refractivity contribution in [2.45, 2.75) is 4.90 Å². The summed E-state index contributed by atoms with van der Waals surface area (Å²) in [6, 6.07) is 9.79. The molecule has 0 saturated heterocycles. The third kappa shape index (κ3) is 5.22. The van der Waals surface area contributed by atoms with Crippen molar-refractivity contribution in [2.75, 3.05) is 32.1 Å². The molecule has 10 heteroatoms. The Morgan fingerprint density at radius 2 is 1.79 bits per heavy atom. The molecular weight excluding hydrogens is 408 g/mol. The second kappa shape index (κ2) is 9.54. The summed E-state index contributed by atoms with van der Waals surface area (Å²) in [5.74, 6) is -1.22. The van der Waals surface area contributed by atoms with Crippen LogP contribution in [-0.2, 0) is 19.5 Å². The van der Waals surface area contributed by atoms with Crippen molar-refractivity contribution in [1.29, 1.82) is 0 Å². The van der Waals surface area contributed by atoms with Crippen molar-refractivity contribution in [3.05, 3.63) is 58.6 Å². The molecule has 0 aliphatic rings. The van der Waals surface area contributed by atoms with Crippen LogP contribution >= 0.6 is 11.6 Å². The van der Waals surface area contributed by atoms with Gasteiger partial charge in [0, 0.05) is 13.7 Å². The van der Waals surface area contributed by atoms with Gasteiger partial charge in [-0.25, -0.2) is 13.2 Å². The van der Waals surface area contributed by atoms with Gasteiger partial charge in [-0.15, -0.1) is 0 Å². The third-order valence-electron chi connectivity index (χ3n) is 3.66. The van der Waals surface area contributed by atoms with Gasteiger partial charge in [-0.1, -0.05) is 23.7 Å². The lowest BCUT2D eigenvalue weighted by Gasteiger charge is -2.13. The van der Waals surface area contributed by atoms with E-state index in [1.807, 2.05) is 0 Å². The number of benzene rings is 2. The highest BCUT2D eigenvalue weighted by Gasteiger charge is 2.21. The van der Waals surface area contributed by atoms with Crippen LogP contribution in [0.4, 0.5) is 5.69 Å². The molecular formula is C18H19ClN2O6S. The molecule has 0 heterocycles. The molecule has 0 atom stereocenters. The molecule has 0 saturated carbocycles. The second-order valence-corrected chi connectivity index (χ2v) is 7.62. The quantitative estimate of drug-likeness (QED) is 0.495. The first-order valence-electron chi connectivity index (χ1n) is 8.07. The number of para-hydroxylation sites is 1. The molecule has 0 bridgehead atoms. The summed E-state index contributed by atoms with van der Waals surface area (Å²) in [6.07, 6.45) is 0. The third-order valence-corrected chi connectivity index (χ3v) is 5.35. The number of rotatable bonds is 8. The fourth-order valence-corrected chi connectivity index (χ4v) is 3.57. The molecule has 0 radical (unpaired) electrons. The van der Waals surface area contributed by atoms with E-state index in [1.165, 1.54) is 31.4 Å². The van der Waals surface area contributed by atoms with Crippen LogP contribution in [0.2, 0.25) is 5.02 Å². The zero-order valence-corrected chi connectivity index (χ0v) is 16.8. The van der Waals surface area contributed by atoms with Gasteiger partial charge in [-0.3, -0.25) is 9.52 Å². The van der Waals surface area contributed by atoms with Gasteiger partial charge >= 0.3 is 5.97 Å². The standard InChI is InChI=1S/C18H19ClN2O6S/c1-26-10-9-20-17(22)13-5-3-4-6-16(13)21-28(24,25)12-7-8-15(19)14(11-12)18(23)27-2/h3-8,11,21H,9-10H2,1-2H3,(H,20,22). The first-order valence-corrected chi connectivity index (χ1v) is 9.93. The van der Waals surface area contributed by atoms with Gasteiger partial charge in [-0.05, 0) is 30.3 Å². The van der Waals surface area contributed by atoms with Gasteiger partial charge in [0.15, 0.2) is 0 Å². The molecule has 1 amide bonds. The molecule has 0 fully saturated rings. The van der Waals surface area contributed by atoms with Crippen LogP contribution in [0, 0.1) is 0 Å². The van der Waals surface area contributed by atoms with Gasteiger partial charge in [0.25, 0.3) is 15.9 Å². The Bertz CT molecular complexity index is 978. The Labute approximate surface area is 167 Å². The van der Waals surface area contributed by atoms with E-state index in [0.717, 1.165) is 13.2 Å². The Morgan fingerprint density at radius 3 is 2.46 bits per heavy atom. The van der Waals surface area contributed by atoms with Crippen LogP contribution in [0.5, 0.6) is 0 Å². The first-order chi connectivity index (χ1) is 13.3. The highest BCUT2D eigenvalue weighted by Crippen LogP contribution is 2.24. The van der Waals surface area contributed by atoms with Crippen molar-refractivity contribution < 1.29 is 27.5 Å². The number of methoxy groups -OCH3 is 2. The fraction of sp³-hybridized carbons (Fsp3) is 0.222. The summed E-state index contributed by atoms with van der Waals surface area (Å²) in [5, 5.41) is 2.69. The number of carbonyl (C=O) groups is 2. The van der Waals surface area contributed by atoms with Gasteiger partial charge in [0.2, 0.25) is 0 Å². The zero-order chi connectivity index (χ0) is 20.7. The predicted octanol–water partition coefficient (Wildman–Crippen LogP) is 2.30. The zero-order valence-electron chi connectivity index (χ0n) is 15.2. The number of amides is 1. The molecule has 0 aromatic heterocycles. The van der Waals surface area contributed by atoms with Crippen molar-refractivity contribution in [1.82, 2.24) is 5.32 Å². The molecule has 0 unspecified atom stereocenters. The predicted molar refractivity (Wildman–Crippen MR) is 104 cm³/mol. The largest absolute Gasteiger partial charge is 0.465 e. The highest BCUT2D eigenvalue weighted by molar-refractivity contribution is 7.92. The van der Waals surface area contributed by atoms with Crippen molar-refractivity contribution in [3.8, 4) is 0 Å². The van der Waals surface area contributed by atoms with E-state index >= 15 is 0 Å². The summed E-state index contributed by atoms with van der Waals surface area (Å²) in [4.78, 5) is 23.9. The number of sulfonamides is 1. The minimum Gasteiger partial charge on any atom is -0.465 e. The summed E-state index contributed by atoms with van der Waals surface area (Å²) in [5.41, 5.74) is 0.147. The Kier molecular flexibility index (Phi) is 7.38. The minimum absolute atomic E-state index is 0.0590. The topological polar surface area (TPSA) is 111 Å². The van der Waals surface area contributed by atoms with Crippen LogP contribution in [-0.4, -0.2) is 47.7 Å². The molecule has 0 spiro atoms. The average molecular weight is 427 g/mol. The van der Waals surface area contributed by atoms with E-state index in [2.05, 4.69) is 14.8 Å². The van der Waals surface area contributed by atoms with E-state index < -0.39 is 21.9 Å². The lowest BCUT2D eigenvalue weighted by Crippen LogP contribution is -2.28. The number of ether oxygens (including phenoxy) is 2. The minimum atomic E-state index is -4.10. The first kappa shape index (κ1) is 21.7. The van der Waals surface area contributed by atoms with Crippen LogP contribution in [0.3, 0.4) is 0 Å². The number of hydrogen-bond acceptors (Lipinski definition) is 6. The Hall–Kier alpha value is -2.62. The lowest BCUT2D eigenvalue weighted by molar-refractivity contribution is 0.0600. The number of anilines is 1. The number of esters is 1. The monoisotopic (exact) mass is 426 g/mol. The SMILES string of the molecule is COCCNC(=O)c1ccccc1NS(=O)(=O)c1ccc(Cl)c(C(=O)OC)c1. The number of hydrogen-bond donors (Lipinski definition) is 2. The van der Waals surface area contributed by atoms with Gasteiger partial charge in [-0.2, -0.15) is 0 Å². The smallest absolute Gasteiger partial charge is 0.339 e. The van der Waals surface area contributed by atoms with Crippen LogP contribution in [0.15, 0.2) is 47.4 Å². The van der Waals surface area contributed by atoms with E-state index in [9.17, 15) is 18.0 Å². The fourth-order valence-electron chi connectivity index (χ4n) is 2.27. The average Bonchev–Trinajstić information content (AvgIpc) is 2.67. The Morgan fingerprint density at radius 1 is 1.07 bits per heavy atom.